The Bertz CT molecular complexity index is 210. The maximum absolute atomic E-state index is 9.27. The first-order valence-electron chi connectivity index (χ1n) is 6.82. The Labute approximate surface area is 99.2 Å². The molecule has 0 aromatic carbocycles. The van der Waals surface area contributed by atoms with Crippen LogP contribution in [-0.4, -0.2) is 49.3 Å². The van der Waals surface area contributed by atoms with Gasteiger partial charge in [-0.3, -0.25) is 0 Å². The summed E-state index contributed by atoms with van der Waals surface area (Å²) in [6, 6.07) is 0.581. The molecule has 3 heteroatoms. The molecule has 0 amide bonds. The SMILES string of the molecule is CN1CCCC(CNC2CCCC2CO)C1. The summed E-state index contributed by atoms with van der Waals surface area (Å²) in [5.41, 5.74) is 0. The molecule has 2 fully saturated rings. The van der Waals surface area contributed by atoms with Crippen LogP contribution in [0.2, 0.25) is 0 Å². The van der Waals surface area contributed by atoms with Gasteiger partial charge >= 0.3 is 0 Å². The van der Waals surface area contributed by atoms with Gasteiger partial charge in [-0.25, -0.2) is 0 Å². The van der Waals surface area contributed by atoms with Crippen molar-refractivity contribution in [3.8, 4) is 0 Å². The molecule has 1 aliphatic carbocycles. The largest absolute Gasteiger partial charge is 0.396 e. The first-order chi connectivity index (χ1) is 7.79. The minimum atomic E-state index is 0.363. The normalized spacial score (nSPS) is 36.8. The molecule has 1 saturated carbocycles. The molecule has 0 radical (unpaired) electrons. The zero-order valence-corrected chi connectivity index (χ0v) is 10.5. The van der Waals surface area contributed by atoms with Crippen molar-refractivity contribution in [2.45, 2.75) is 38.1 Å². The van der Waals surface area contributed by atoms with Crippen molar-refractivity contribution in [1.29, 1.82) is 0 Å². The Kier molecular flexibility index (Phi) is 4.62. The van der Waals surface area contributed by atoms with Crippen molar-refractivity contribution in [2.75, 3.05) is 33.3 Å². The fraction of sp³-hybridized carbons (Fsp3) is 1.00. The highest BCUT2D eigenvalue weighted by Crippen LogP contribution is 2.25. The molecule has 0 aromatic rings. The average Bonchev–Trinajstić information content (AvgIpc) is 2.74. The van der Waals surface area contributed by atoms with E-state index in [1.54, 1.807) is 0 Å². The van der Waals surface area contributed by atoms with Gasteiger partial charge in [0.1, 0.15) is 0 Å². The van der Waals surface area contributed by atoms with Crippen LogP contribution in [-0.2, 0) is 0 Å². The van der Waals surface area contributed by atoms with Crippen LogP contribution in [0, 0.1) is 11.8 Å². The lowest BCUT2D eigenvalue weighted by Gasteiger charge is -2.31. The number of aliphatic hydroxyl groups is 1. The van der Waals surface area contributed by atoms with Crippen molar-refractivity contribution in [1.82, 2.24) is 10.2 Å². The van der Waals surface area contributed by atoms with Gasteiger partial charge in [-0.2, -0.15) is 0 Å². The maximum Gasteiger partial charge on any atom is 0.0474 e. The monoisotopic (exact) mass is 226 g/mol. The smallest absolute Gasteiger partial charge is 0.0474 e. The highest BCUT2D eigenvalue weighted by molar-refractivity contribution is 4.84. The third-order valence-corrected chi connectivity index (χ3v) is 4.28. The van der Waals surface area contributed by atoms with Crippen molar-refractivity contribution in [2.24, 2.45) is 11.8 Å². The number of hydrogen-bond donors (Lipinski definition) is 2. The summed E-state index contributed by atoms with van der Waals surface area (Å²) in [5, 5.41) is 13.0. The van der Waals surface area contributed by atoms with Gasteiger partial charge in [-0.05, 0) is 57.7 Å². The number of likely N-dealkylation sites (tertiary alicyclic amines) is 1. The molecule has 1 heterocycles. The molecule has 2 N–H and O–H groups in total. The van der Waals surface area contributed by atoms with Crippen molar-refractivity contribution < 1.29 is 5.11 Å². The van der Waals surface area contributed by atoms with Gasteiger partial charge in [0.25, 0.3) is 0 Å². The second-order valence-electron chi connectivity index (χ2n) is 5.66. The van der Waals surface area contributed by atoms with Crippen LogP contribution in [0.4, 0.5) is 0 Å². The fourth-order valence-corrected chi connectivity index (χ4v) is 3.28. The summed E-state index contributed by atoms with van der Waals surface area (Å²) in [6.45, 7) is 4.01. The molecular weight excluding hydrogens is 200 g/mol. The molecule has 0 spiro atoms. The third kappa shape index (κ3) is 3.19. The molecular formula is C13H26N2O. The first-order valence-corrected chi connectivity index (χ1v) is 6.82. The van der Waals surface area contributed by atoms with E-state index in [4.69, 9.17) is 0 Å². The van der Waals surface area contributed by atoms with Gasteiger partial charge in [0, 0.05) is 19.2 Å². The van der Waals surface area contributed by atoms with Gasteiger partial charge in [-0.1, -0.05) is 6.42 Å². The fourth-order valence-electron chi connectivity index (χ4n) is 3.28. The van der Waals surface area contributed by atoms with E-state index in [1.165, 1.54) is 45.2 Å². The van der Waals surface area contributed by atoms with Gasteiger partial charge in [0.2, 0.25) is 0 Å². The number of nitrogens with zero attached hydrogens (tertiary/aromatic N) is 1. The van der Waals surface area contributed by atoms with E-state index < -0.39 is 0 Å². The number of rotatable bonds is 4. The minimum Gasteiger partial charge on any atom is -0.396 e. The van der Waals surface area contributed by atoms with Crippen LogP contribution in [0.5, 0.6) is 0 Å². The average molecular weight is 226 g/mol. The number of hydrogen-bond acceptors (Lipinski definition) is 3. The van der Waals surface area contributed by atoms with E-state index in [-0.39, 0.29) is 0 Å². The Morgan fingerprint density at radius 1 is 1.25 bits per heavy atom. The second kappa shape index (κ2) is 5.99. The van der Waals surface area contributed by atoms with Crippen molar-refractivity contribution in [3.63, 3.8) is 0 Å². The van der Waals surface area contributed by atoms with Crippen LogP contribution in [0.25, 0.3) is 0 Å². The van der Waals surface area contributed by atoms with E-state index >= 15 is 0 Å². The highest BCUT2D eigenvalue weighted by Gasteiger charge is 2.27. The predicted molar refractivity (Wildman–Crippen MR) is 66.4 cm³/mol. The lowest BCUT2D eigenvalue weighted by Crippen LogP contribution is -2.42. The van der Waals surface area contributed by atoms with E-state index in [9.17, 15) is 5.11 Å². The van der Waals surface area contributed by atoms with Crippen LogP contribution < -0.4 is 5.32 Å². The summed E-state index contributed by atoms with van der Waals surface area (Å²) in [6.07, 6.45) is 6.46. The van der Waals surface area contributed by atoms with Gasteiger partial charge in [-0.15, -0.1) is 0 Å². The Balaban J connectivity index is 1.70. The summed E-state index contributed by atoms with van der Waals surface area (Å²) in [5.74, 6) is 1.33. The first kappa shape index (κ1) is 12.3. The minimum absolute atomic E-state index is 0.363. The topological polar surface area (TPSA) is 35.5 Å². The summed E-state index contributed by atoms with van der Waals surface area (Å²) < 4.78 is 0. The molecule has 2 aliphatic rings. The molecule has 3 unspecified atom stereocenters. The van der Waals surface area contributed by atoms with Crippen LogP contribution in [0.3, 0.4) is 0 Å². The quantitative estimate of drug-likeness (QED) is 0.753. The molecule has 1 aliphatic heterocycles. The Hall–Kier alpha value is -0.120. The summed E-state index contributed by atoms with van der Waals surface area (Å²) >= 11 is 0. The molecule has 94 valence electrons. The standard InChI is InChI=1S/C13H26N2O/c1-15-7-3-4-11(9-15)8-14-13-6-2-5-12(13)10-16/h11-14,16H,2-10H2,1H3. The van der Waals surface area contributed by atoms with E-state index in [1.807, 2.05) is 0 Å². The number of piperidine rings is 1. The van der Waals surface area contributed by atoms with Crippen LogP contribution in [0.15, 0.2) is 0 Å². The van der Waals surface area contributed by atoms with Crippen LogP contribution >= 0.6 is 0 Å². The van der Waals surface area contributed by atoms with Crippen LogP contribution in [0.1, 0.15) is 32.1 Å². The van der Waals surface area contributed by atoms with Gasteiger partial charge in [0.05, 0.1) is 0 Å². The summed E-state index contributed by atoms with van der Waals surface area (Å²) in [7, 11) is 2.22. The molecule has 1 saturated heterocycles. The second-order valence-corrected chi connectivity index (χ2v) is 5.66. The number of aliphatic hydroxyl groups excluding tert-OH is 1. The zero-order chi connectivity index (χ0) is 11.4. The van der Waals surface area contributed by atoms with E-state index in [2.05, 4.69) is 17.3 Å². The molecule has 3 nitrogen and oxygen atoms in total. The lowest BCUT2D eigenvalue weighted by atomic mass is 9.97. The molecule has 0 aromatic heterocycles. The summed E-state index contributed by atoms with van der Waals surface area (Å²) in [4.78, 5) is 2.44. The maximum atomic E-state index is 9.27. The molecule has 3 atom stereocenters. The molecule has 0 bridgehead atoms. The van der Waals surface area contributed by atoms with Crippen molar-refractivity contribution in [3.05, 3.63) is 0 Å². The highest BCUT2D eigenvalue weighted by atomic mass is 16.3. The number of nitrogens with one attached hydrogen (secondary N) is 1. The predicted octanol–water partition coefficient (Wildman–Crippen LogP) is 1.08. The lowest BCUT2D eigenvalue weighted by molar-refractivity contribution is 0.181. The molecule has 2 rings (SSSR count). The van der Waals surface area contributed by atoms with Crippen molar-refractivity contribution >= 4 is 0 Å². The molecule has 16 heavy (non-hydrogen) atoms. The van der Waals surface area contributed by atoms with E-state index in [0.29, 0.717) is 18.6 Å². The van der Waals surface area contributed by atoms with E-state index in [0.717, 1.165) is 12.5 Å². The van der Waals surface area contributed by atoms with Gasteiger partial charge < -0.3 is 15.3 Å². The third-order valence-electron chi connectivity index (χ3n) is 4.28. The Morgan fingerprint density at radius 2 is 2.12 bits per heavy atom. The van der Waals surface area contributed by atoms with Gasteiger partial charge in [0.15, 0.2) is 0 Å². The Morgan fingerprint density at radius 3 is 2.88 bits per heavy atom. The zero-order valence-electron chi connectivity index (χ0n) is 10.5.